The van der Waals surface area contributed by atoms with Crippen molar-refractivity contribution in [3.63, 3.8) is 0 Å². The van der Waals surface area contributed by atoms with E-state index < -0.39 is 27.9 Å². The number of aliphatic hydroxyl groups is 1. The van der Waals surface area contributed by atoms with Crippen molar-refractivity contribution in [2.45, 2.75) is 135 Å². The normalized spacial score (nSPS) is 14.5. The van der Waals surface area contributed by atoms with Crippen molar-refractivity contribution in [2.75, 3.05) is 6.61 Å². The second kappa shape index (κ2) is 19.1. The number of ketones is 1. The second-order valence-corrected chi connectivity index (χ2v) is 12.7. The SMILES string of the molecule is CCCCCCCCCCCCC(=O)CC[C@@H](O)[C@H](COCc1ccccc1)NS(=O)C(C)(C)C. The summed E-state index contributed by atoms with van der Waals surface area (Å²) in [5.41, 5.74) is 1.05. The third-order valence-electron chi connectivity index (χ3n) is 6.22. The minimum Gasteiger partial charge on any atom is -0.391 e. The molecule has 3 atom stereocenters. The Labute approximate surface area is 217 Å². The van der Waals surface area contributed by atoms with Crippen molar-refractivity contribution < 1.29 is 18.8 Å². The number of rotatable bonds is 21. The molecule has 0 amide bonds. The van der Waals surface area contributed by atoms with E-state index >= 15 is 0 Å². The first-order valence-electron chi connectivity index (χ1n) is 13.7. The second-order valence-electron chi connectivity index (χ2n) is 10.7. The van der Waals surface area contributed by atoms with Gasteiger partial charge in [-0.25, -0.2) is 8.93 Å². The number of Topliss-reactive ketones (excluding diaryl/α,β-unsaturated/α-hetero) is 1. The fourth-order valence-corrected chi connectivity index (χ4v) is 4.71. The predicted molar refractivity (Wildman–Crippen MR) is 148 cm³/mol. The van der Waals surface area contributed by atoms with Gasteiger partial charge in [0.25, 0.3) is 0 Å². The minimum absolute atomic E-state index is 0.199. The van der Waals surface area contributed by atoms with Gasteiger partial charge in [0, 0.05) is 12.8 Å². The largest absolute Gasteiger partial charge is 0.391 e. The molecule has 0 aliphatic heterocycles. The molecule has 5 nitrogen and oxygen atoms in total. The Balaban J connectivity index is 2.32. The van der Waals surface area contributed by atoms with Gasteiger partial charge in [-0.15, -0.1) is 0 Å². The van der Waals surface area contributed by atoms with Gasteiger partial charge in [-0.05, 0) is 39.2 Å². The quantitative estimate of drug-likeness (QED) is 0.182. The van der Waals surface area contributed by atoms with Crippen molar-refractivity contribution >= 4 is 16.8 Å². The predicted octanol–water partition coefficient (Wildman–Crippen LogP) is 6.64. The average Bonchev–Trinajstić information content (AvgIpc) is 2.83. The number of hydrogen-bond donors (Lipinski definition) is 2. The summed E-state index contributed by atoms with van der Waals surface area (Å²) in [5, 5.41) is 10.8. The van der Waals surface area contributed by atoms with Crippen LogP contribution in [0.2, 0.25) is 0 Å². The number of aliphatic hydroxyl groups excluding tert-OH is 1. The fraction of sp³-hybridized carbons (Fsp3) is 0.759. The molecule has 0 saturated heterocycles. The fourth-order valence-electron chi connectivity index (χ4n) is 3.86. The van der Waals surface area contributed by atoms with Crippen LogP contribution in [0.25, 0.3) is 0 Å². The van der Waals surface area contributed by atoms with E-state index in [9.17, 15) is 14.1 Å². The molecule has 0 fully saturated rings. The molecule has 0 saturated carbocycles. The maximum atomic E-state index is 12.6. The lowest BCUT2D eigenvalue weighted by molar-refractivity contribution is -0.119. The highest BCUT2D eigenvalue weighted by atomic mass is 32.2. The first kappa shape index (κ1) is 31.9. The van der Waals surface area contributed by atoms with Crippen molar-refractivity contribution in [2.24, 2.45) is 0 Å². The third kappa shape index (κ3) is 16.3. The third-order valence-corrected chi connectivity index (χ3v) is 7.85. The molecule has 1 aromatic rings. The lowest BCUT2D eigenvalue weighted by Gasteiger charge is -2.27. The standard InChI is InChI=1S/C29H51NO4S/c1-5-6-7-8-9-10-11-12-13-17-20-26(31)21-22-28(32)27(30-35(33)29(2,3)4)24-34-23-25-18-15-14-16-19-25/h14-16,18-19,27-28,30,32H,5-13,17,20-24H2,1-4H3/t27-,28+,35?/m0/s1. The smallest absolute Gasteiger partial charge is 0.133 e. The van der Waals surface area contributed by atoms with Crippen molar-refractivity contribution in [1.29, 1.82) is 0 Å². The summed E-state index contributed by atoms with van der Waals surface area (Å²) in [6.07, 6.45) is 13.0. The number of hydrogen-bond acceptors (Lipinski definition) is 4. The Kier molecular flexibility index (Phi) is 17.4. The van der Waals surface area contributed by atoms with Gasteiger partial charge in [0.15, 0.2) is 0 Å². The van der Waals surface area contributed by atoms with Gasteiger partial charge in [0.2, 0.25) is 0 Å². The van der Waals surface area contributed by atoms with Gasteiger partial charge in [-0.1, -0.05) is 95.0 Å². The molecule has 1 unspecified atom stereocenters. The van der Waals surface area contributed by atoms with Gasteiger partial charge in [-0.3, -0.25) is 4.79 Å². The Bertz CT molecular complexity index is 690. The van der Waals surface area contributed by atoms with Crippen LogP contribution in [0.15, 0.2) is 30.3 Å². The lowest BCUT2D eigenvalue weighted by Crippen LogP contribution is -2.48. The number of benzene rings is 1. The zero-order valence-electron chi connectivity index (χ0n) is 22.7. The van der Waals surface area contributed by atoms with Gasteiger partial charge in [-0.2, -0.15) is 0 Å². The molecule has 202 valence electrons. The van der Waals surface area contributed by atoms with Gasteiger partial charge in [0.1, 0.15) is 5.78 Å². The van der Waals surface area contributed by atoms with Crippen molar-refractivity contribution in [3.05, 3.63) is 35.9 Å². The van der Waals surface area contributed by atoms with Crippen LogP contribution >= 0.6 is 0 Å². The first-order valence-corrected chi connectivity index (χ1v) is 14.9. The highest BCUT2D eigenvalue weighted by molar-refractivity contribution is 7.84. The molecule has 0 spiro atoms. The van der Waals surface area contributed by atoms with Crippen LogP contribution in [0.1, 0.15) is 117 Å². The number of unbranched alkanes of at least 4 members (excludes halogenated alkanes) is 9. The van der Waals surface area contributed by atoms with Crippen LogP contribution in [0.5, 0.6) is 0 Å². The molecular formula is C29H51NO4S. The molecule has 1 aromatic carbocycles. The van der Waals surface area contributed by atoms with Crippen LogP contribution in [-0.2, 0) is 27.1 Å². The summed E-state index contributed by atoms with van der Waals surface area (Å²) in [4.78, 5) is 12.4. The highest BCUT2D eigenvalue weighted by Crippen LogP contribution is 2.15. The Morgan fingerprint density at radius 1 is 0.943 bits per heavy atom. The van der Waals surface area contributed by atoms with Crippen LogP contribution in [0.3, 0.4) is 0 Å². The Hall–Kier alpha value is -1.08. The summed E-state index contributed by atoms with van der Waals surface area (Å²) in [7, 11) is -1.34. The van der Waals surface area contributed by atoms with Crippen molar-refractivity contribution in [3.8, 4) is 0 Å². The van der Waals surface area contributed by atoms with Gasteiger partial charge >= 0.3 is 0 Å². The lowest BCUT2D eigenvalue weighted by atomic mass is 10.0. The van der Waals surface area contributed by atoms with E-state index in [2.05, 4.69) is 11.6 Å². The van der Waals surface area contributed by atoms with Gasteiger partial charge < -0.3 is 9.84 Å². The molecule has 0 aliphatic rings. The highest BCUT2D eigenvalue weighted by Gasteiger charge is 2.27. The molecule has 0 heterocycles. The number of carbonyl (C=O) groups is 1. The molecular weight excluding hydrogens is 458 g/mol. The van der Waals surface area contributed by atoms with E-state index in [0.717, 1.165) is 18.4 Å². The Morgan fingerprint density at radius 2 is 1.51 bits per heavy atom. The van der Waals surface area contributed by atoms with Crippen molar-refractivity contribution in [1.82, 2.24) is 4.72 Å². The van der Waals surface area contributed by atoms with E-state index in [0.29, 0.717) is 25.9 Å². The number of nitrogens with one attached hydrogen (secondary N) is 1. The molecule has 2 N–H and O–H groups in total. The molecule has 35 heavy (non-hydrogen) atoms. The van der Waals surface area contributed by atoms with Gasteiger partial charge in [0.05, 0.1) is 41.1 Å². The van der Waals surface area contributed by atoms with E-state index in [-0.39, 0.29) is 12.4 Å². The number of ether oxygens (including phenoxy) is 1. The maximum absolute atomic E-state index is 12.6. The zero-order chi connectivity index (χ0) is 25.9. The maximum Gasteiger partial charge on any atom is 0.133 e. The van der Waals surface area contributed by atoms with E-state index in [1.807, 2.05) is 51.1 Å². The molecule has 0 bridgehead atoms. The summed E-state index contributed by atoms with van der Waals surface area (Å²) in [6.45, 7) is 8.56. The summed E-state index contributed by atoms with van der Waals surface area (Å²) >= 11 is 0. The van der Waals surface area contributed by atoms with E-state index in [1.165, 1.54) is 51.4 Å². The summed E-state index contributed by atoms with van der Waals surface area (Å²) in [6, 6.07) is 9.34. The average molecular weight is 510 g/mol. The molecule has 0 aromatic heterocycles. The van der Waals surface area contributed by atoms with E-state index in [4.69, 9.17) is 4.74 Å². The van der Waals surface area contributed by atoms with Crippen LogP contribution < -0.4 is 4.72 Å². The first-order chi connectivity index (χ1) is 16.7. The number of carbonyl (C=O) groups excluding carboxylic acids is 1. The van der Waals surface area contributed by atoms with Crippen LogP contribution in [0, 0.1) is 0 Å². The molecule has 1 rings (SSSR count). The minimum atomic E-state index is -1.34. The summed E-state index contributed by atoms with van der Waals surface area (Å²) < 4.78 is 21.0. The van der Waals surface area contributed by atoms with E-state index in [1.54, 1.807) is 0 Å². The zero-order valence-corrected chi connectivity index (χ0v) is 23.5. The summed E-state index contributed by atoms with van der Waals surface area (Å²) in [5.74, 6) is 0.199. The van der Waals surface area contributed by atoms with Crippen LogP contribution in [0.4, 0.5) is 0 Å². The van der Waals surface area contributed by atoms with Crippen LogP contribution in [-0.4, -0.2) is 38.6 Å². The Morgan fingerprint density at radius 3 is 2.09 bits per heavy atom. The molecule has 0 radical (unpaired) electrons. The topological polar surface area (TPSA) is 75.6 Å². The molecule has 0 aliphatic carbocycles. The molecule has 6 heteroatoms. The monoisotopic (exact) mass is 509 g/mol.